The summed E-state index contributed by atoms with van der Waals surface area (Å²) in [7, 11) is 1.18. The van der Waals surface area contributed by atoms with Crippen molar-refractivity contribution in [3.05, 3.63) is 56.4 Å². The van der Waals surface area contributed by atoms with E-state index < -0.39 is 23.7 Å². The second-order valence-corrected chi connectivity index (χ2v) is 9.61. The van der Waals surface area contributed by atoms with Gasteiger partial charge in [-0.2, -0.15) is 0 Å². The molecule has 1 saturated heterocycles. The Morgan fingerprint density at radius 2 is 1.89 bits per heavy atom. The lowest BCUT2D eigenvalue weighted by Gasteiger charge is -2.15. The molecule has 0 spiro atoms. The topological polar surface area (TPSA) is 111 Å². The first kappa shape index (κ1) is 27.3. The lowest BCUT2D eigenvalue weighted by Crippen LogP contribution is -2.34. The van der Waals surface area contributed by atoms with E-state index in [0.717, 1.165) is 27.8 Å². The van der Waals surface area contributed by atoms with Gasteiger partial charge in [-0.1, -0.05) is 17.7 Å². The minimum Gasteiger partial charge on any atom is -0.490 e. The number of hydrogen-bond donors (Lipinski definition) is 1. The Kier molecular flexibility index (Phi) is 9.16. The van der Waals surface area contributed by atoms with Gasteiger partial charge in [0.25, 0.3) is 17.1 Å². The van der Waals surface area contributed by atoms with Crippen molar-refractivity contribution >= 4 is 62.5 Å². The molecule has 190 valence electrons. The summed E-state index contributed by atoms with van der Waals surface area (Å²) in [5, 5.41) is 2.27. The highest BCUT2D eigenvalue weighted by Crippen LogP contribution is 2.39. The Bertz CT molecular complexity index is 1250. The summed E-state index contributed by atoms with van der Waals surface area (Å²) in [6.07, 6.45) is 1.52. The van der Waals surface area contributed by atoms with Crippen LogP contribution in [0, 0.1) is 13.8 Å². The van der Waals surface area contributed by atoms with Crippen molar-refractivity contribution in [2.24, 2.45) is 0 Å². The molecular weight excluding hydrogens is 552 g/mol. The summed E-state index contributed by atoms with van der Waals surface area (Å²) < 4.78 is 16.5. The minimum absolute atomic E-state index is 0.153. The highest BCUT2D eigenvalue weighted by molar-refractivity contribution is 9.10. The molecule has 3 rings (SSSR count). The molecular formula is C25H25BrN2O7S. The number of ether oxygens (including phenoxy) is 3. The number of esters is 1. The fourth-order valence-electron chi connectivity index (χ4n) is 3.33. The zero-order valence-electron chi connectivity index (χ0n) is 20.2. The van der Waals surface area contributed by atoms with Crippen molar-refractivity contribution < 1.29 is 33.4 Å². The quantitative estimate of drug-likeness (QED) is 0.338. The standard InChI is InChI=1S/C25H25BrN2O7S/c1-5-34-19-10-16(11-20-24(31)28(25(32)36-20)12-22(30)33-4)9-17(26)23(19)35-13-21(29)27-18-7-6-14(2)8-15(18)3/h6-11H,5,12-13H2,1-4H3,(H,27,29)/b20-11-. The molecule has 2 aromatic rings. The Balaban J connectivity index is 1.76. The van der Waals surface area contributed by atoms with E-state index in [4.69, 9.17) is 9.47 Å². The number of methoxy groups -OCH3 is 1. The highest BCUT2D eigenvalue weighted by Gasteiger charge is 2.36. The number of nitrogens with zero attached hydrogens (tertiary/aromatic N) is 1. The second kappa shape index (κ2) is 12.1. The van der Waals surface area contributed by atoms with Crippen LogP contribution in [0.5, 0.6) is 11.5 Å². The fraction of sp³-hybridized carbons (Fsp3) is 0.280. The summed E-state index contributed by atoms with van der Waals surface area (Å²) >= 11 is 4.16. The van der Waals surface area contributed by atoms with Gasteiger partial charge in [0.15, 0.2) is 18.1 Å². The van der Waals surface area contributed by atoms with E-state index in [1.54, 1.807) is 19.1 Å². The van der Waals surface area contributed by atoms with Crippen LogP contribution in [0.2, 0.25) is 0 Å². The van der Waals surface area contributed by atoms with Crippen LogP contribution >= 0.6 is 27.7 Å². The molecule has 11 heteroatoms. The van der Waals surface area contributed by atoms with E-state index >= 15 is 0 Å². The normalized spacial score (nSPS) is 14.2. The molecule has 0 bridgehead atoms. The van der Waals surface area contributed by atoms with Crippen LogP contribution < -0.4 is 14.8 Å². The fourth-order valence-corrected chi connectivity index (χ4v) is 4.75. The van der Waals surface area contributed by atoms with Gasteiger partial charge in [0.05, 0.1) is 23.1 Å². The summed E-state index contributed by atoms with van der Waals surface area (Å²) in [5.74, 6) is -0.939. The first-order valence-corrected chi connectivity index (χ1v) is 12.5. The number of anilines is 1. The van der Waals surface area contributed by atoms with Crippen LogP contribution in [0.25, 0.3) is 6.08 Å². The van der Waals surface area contributed by atoms with E-state index in [1.807, 2.05) is 32.0 Å². The van der Waals surface area contributed by atoms with Gasteiger partial charge in [-0.05, 0) is 83.9 Å². The molecule has 1 heterocycles. The third-order valence-corrected chi connectivity index (χ3v) is 6.52. The van der Waals surface area contributed by atoms with Gasteiger partial charge in [0, 0.05) is 5.69 Å². The summed E-state index contributed by atoms with van der Waals surface area (Å²) in [4.78, 5) is 49.7. The Labute approximate surface area is 221 Å². The molecule has 0 saturated carbocycles. The number of rotatable bonds is 9. The zero-order chi connectivity index (χ0) is 26.4. The average molecular weight is 577 g/mol. The van der Waals surface area contributed by atoms with E-state index in [-0.39, 0.29) is 17.4 Å². The molecule has 0 aliphatic carbocycles. The number of halogens is 1. The lowest BCUT2D eigenvalue weighted by atomic mass is 10.1. The third kappa shape index (κ3) is 6.67. The predicted molar refractivity (Wildman–Crippen MR) is 140 cm³/mol. The molecule has 0 unspecified atom stereocenters. The maximum absolute atomic E-state index is 12.6. The van der Waals surface area contributed by atoms with Crippen LogP contribution in [0.1, 0.15) is 23.6 Å². The van der Waals surface area contributed by atoms with Crippen molar-refractivity contribution in [2.75, 3.05) is 32.2 Å². The minimum atomic E-state index is -0.692. The Morgan fingerprint density at radius 1 is 1.14 bits per heavy atom. The van der Waals surface area contributed by atoms with Gasteiger partial charge in [-0.3, -0.25) is 24.1 Å². The maximum atomic E-state index is 12.6. The summed E-state index contributed by atoms with van der Waals surface area (Å²) in [6, 6.07) is 9.04. The molecule has 1 N–H and O–H groups in total. The Hall–Kier alpha value is -3.31. The van der Waals surface area contributed by atoms with Crippen molar-refractivity contribution in [3.63, 3.8) is 0 Å². The van der Waals surface area contributed by atoms with Crippen LogP contribution in [0.3, 0.4) is 0 Å². The second-order valence-electron chi connectivity index (χ2n) is 7.76. The van der Waals surface area contributed by atoms with Gasteiger partial charge >= 0.3 is 5.97 Å². The Morgan fingerprint density at radius 3 is 2.56 bits per heavy atom. The number of aryl methyl sites for hydroxylation is 2. The molecule has 1 aliphatic heterocycles. The number of amides is 3. The van der Waals surface area contributed by atoms with Crippen LogP contribution in [0.15, 0.2) is 39.7 Å². The molecule has 1 fully saturated rings. The number of hydrogen-bond acceptors (Lipinski definition) is 8. The van der Waals surface area contributed by atoms with E-state index in [2.05, 4.69) is 26.0 Å². The first-order chi connectivity index (χ1) is 17.1. The van der Waals surface area contributed by atoms with Gasteiger partial charge in [0.1, 0.15) is 6.54 Å². The summed E-state index contributed by atoms with van der Waals surface area (Å²) in [6.45, 7) is 5.31. The van der Waals surface area contributed by atoms with E-state index in [9.17, 15) is 19.2 Å². The van der Waals surface area contributed by atoms with Crippen LogP contribution in [-0.2, 0) is 19.1 Å². The third-order valence-electron chi connectivity index (χ3n) is 5.02. The van der Waals surface area contributed by atoms with Crippen LogP contribution in [-0.4, -0.2) is 54.8 Å². The van der Waals surface area contributed by atoms with E-state index in [1.165, 1.54) is 13.2 Å². The number of nitrogens with one attached hydrogen (secondary N) is 1. The van der Waals surface area contributed by atoms with Gasteiger partial charge in [0.2, 0.25) is 0 Å². The number of thioether (sulfide) groups is 1. The van der Waals surface area contributed by atoms with Crippen molar-refractivity contribution in [3.8, 4) is 11.5 Å². The molecule has 1 aliphatic rings. The van der Waals surface area contributed by atoms with Crippen molar-refractivity contribution in [1.29, 1.82) is 0 Å². The molecule has 0 aromatic heterocycles. The summed E-state index contributed by atoms with van der Waals surface area (Å²) in [5.41, 5.74) is 3.30. The average Bonchev–Trinajstić information content (AvgIpc) is 3.07. The monoisotopic (exact) mass is 576 g/mol. The zero-order valence-corrected chi connectivity index (χ0v) is 22.6. The number of carbonyl (C=O) groups is 4. The van der Waals surface area contributed by atoms with Crippen molar-refractivity contribution in [1.82, 2.24) is 4.90 Å². The van der Waals surface area contributed by atoms with E-state index in [0.29, 0.717) is 33.8 Å². The number of imide groups is 1. The molecule has 0 radical (unpaired) electrons. The van der Waals surface area contributed by atoms with Gasteiger partial charge in [-0.15, -0.1) is 0 Å². The smallest absolute Gasteiger partial charge is 0.325 e. The number of carbonyl (C=O) groups excluding carboxylic acids is 4. The highest BCUT2D eigenvalue weighted by atomic mass is 79.9. The van der Waals surface area contributed by atoms with Gasteiger partial charge < -0.3 is 19.5 Å². The maximum Gasteiger partial charge on any atom is 0.325 e. The number of benzene rings is 2. The van der Waals surface area contributed by atoms with Gasteiger partial charge in [-0.25, -0.2) is 0 Å². The largest absolute Gasteiger partial charge is 0.490 e. The first-order valence-electron chi connectivity index (χ1n) is 10.9. The van der Waals surface area contributed by atoms with Crippen molar-refractivity contribution in [2.45, 2.75) is 20.8 Å². The molecule has 2 aromatic carbocycles. The SMILES string of the molecule is CCOc1cc(/C=C2\SC(=O)N(CC(=O)OC)C2=O)cc(Br)c1OCC(=O)Nc1ccc(C)cc1C. The molecule has 36 heavy (non-hydrogen) atoms. The molecule has 9 nitrogen and oxygen atoms in total. The lowest BCUT2D eigenvalue weighted by molar-refractivity contribution is -0.143. The molecule has 3 amide bonds. The molecule has 0 atom stereocenters. The van der Waals surface area contributed by atoms with Crippen LogP contribution in [0.4, 0.5) is 10.5 Å². The predicted octanol–water partition coefficient (Wildman–Crippen LogP) is 4.69.